The molecule has 1 N–H and O–H groups in total. The third-order valence-electron chi connectivity index (χ3n) is 2.96. The van der Waals surface area contributed by atoms with Gasteiger partial charge in [-0.2, -0.15) is 4.98 Å². The number of nitrogens with zero attached hydrogens (tertiary/aromatic N) is 3. The van der Waals surface area contributed by atoms with E-state index in [-0.39, 0.29) is 0 Å². The van der Waals surface area contributed by atoms with Gasteiger partial charge in [-0.1, -0.05) is 25.1 Å². The quantitative estimate of drug-likeness (QED) is 0.828. The predicted octanol–water partition coefficient (Wildman–Crippen LogP) is 2.45. The first kappa shape index (κ1) is 13.7. The fraction of sp³-hybridized carbons (Fsp3) is 0.500. The largest absolute Gasteiger partial charge is 0.339 e. The zero-order valence-electron chi connectivity index (χ0n) is 11.5. The van der Waals surface area contributed by atoms with Crippen molar-refractivity contribution < 1.29 is 4.52 Å². The van der Waals surface area contributed by atoms with E-state index in [1.807, 2.05) is 18.2 Å². The first-order valence-corrected chi connectivity index (χ1v) is 6.80. The standard InChI is InChI=1S/C14H20N4O/c1-3-8-15-11(4-2)10-13-17-14(18-19-13)12-7-5-6-9-16-12/h5-7,9,11,15H,3-4,8,10H2,1-2H3. The molecule has 0 aromatic carbocycles. The van der Waals surface area contributed by atoms with Crippen LogP contribution in [0.5, 0.6) is 0 Å². The second-order valence-corrected chi connectivity index (χ2v) is 4.49. The van der Waals surface area contributed by atoms with E-state index in [1.54, 1.807) is 6.20 Å². The van der Waals surface area contributed by atoms with E-state index in [0.29, 0.717) is 17.8 Å². The molecular formula is C14H20N4O. The maximum Gasteiger partial charge on any atom is 0.228 e. The second-order valence-electron chi connectivity index (χ2n) is 4.49. The van der Waals surface area contributed by atoms with Gasteiger partial charge in [-0.15, -0.1) is 0 Å². The van der Waals surface area contributed by atoms with E-state index < -0.39 is 0 Å². The maximum absolute atomic E-state index is 5.29. The van der Waals surface area contributed by atoms with Gasteiger partial charge in [0.15, 0.2) is 0 Å². The Morgan fingerprint density at radius 3 is 2.89 bits per heavy atom. The molecule has 2 heterocycles. The van der Waals surface area contributed by atoms with Crippen LogP contribution in [0.15, 0.2) is 28.9 Å². The monoisotopic (exact) mass is 260 g/mol. The summed E-state index contributed by atoms with van der Waals surface area (Å²) in [6.07, 6.45) is 4.65. The Balaban J connectivity index is 2.01. The molecule has 19 heavy (non-hydrogen) atoms. The summed E-state index contributed by atoms with van der Waals surface area (Å²) in [5, 5.41) is 7.45. The van der Waals surface area contributed by atoms with Gasteiger partial charge in [0, 0.05) is 18.7 Å². The van der Waals surface area contributed by atoms with Crippen molar-refractivity contribution in [1.82, 2.24) is 20.4 Å². The highest BCUT2D eigenvalue weighted by Crippen LogP contribution is 2.13. The summed E-state index contributed by atoms with van der Waals surface area (Å²) >= 11 is 0. The molecule has 2 aromatic heterocycles. The molecule has 1 atom stereocenters. The van der Waals surface area contributed by atoms with Crippen LogP contribution in [0.2, 0.25) is 0 Å². The van der Waals surface area contributed by atoms with E-state index >= 15 is 0 Å². The van der Waals surface area contributed by atoms with Gasteiger partial charge in [0.1, 0.15) is 5.69 Å². The molecule has 5 nitrogen and oxygen atoms in total. The van der Waals surface area contributed by atoms with Crippen LogP contribution in [0.3, 0.4) is 0 Å². The molecule has 2 aromatic rings. The summed E-state index contributed by atoms with van der Waals surface area (Å²) in [7, 11) is 0. The number of pyridine rings is 1. The Bertz CT molecular complexity index is 483. The molecule has 5 heteroatoms. The van der Waals surface area contributed by atoms with Crippen molar-refractivity contribution in [2.24, 2.45) is 0 Å². The predicted molar refractivity (Wildman–Crippen MR) is 73.6 cm³/mol. The van der Waals surface area contributed by atoms with Crippen LogP contribution in [0.1, 0.15) is 32.6 Å². The van der Waals surface area contributed by atoms with Crippen molar-refractivity contribution in [2.75, 3.05) is 6.54 Å². The van der Waals surface area contributed by atoms with Crippen LogP contribution in [-0.2, 0) is 6.42 Å². The summed E-state index contributed by atoms with van der Waals surface area (Å²) in [6.45, 7) is 5.33. The topological polar surface area (TPSA) is 63.8 Å². The Morgan fingerprint density at radius 2 is 2.21 bits per heavy atom. The van der Waals surface area contributed by atoms with E-state index in [9.17, 15) is 0 Å². The van der Waals surface area contributed by atoms with Crippen molar-refractivity contribution in [3.05, 3.63) is 30.3 Å². The Hall–Kier alpha value is -1.75. The van der Waals surface area contributed by atoms with Crippen LogP contribution >= 0.6 is 0 Å². The SMILES string of the molecule is CCCNC(CC)Cc1nc(-c2ccccn2)no1. The van der Waals surface area contributed by atoms with E-state index in [0.717, 1.165) is 31.5 Å². The summed E-state index contributed by atoms with van der Waals surface area (Å²) in [6, 6.07) is 6.04. The minimum absolute atomic E-state index is 0.386. The molecule has 0 aliphatic carbocycles. The zero-order valence-corrected chi connectivity index (χ0v) is 11.5. The fourth-order valence-corrected chi connectivity index (χ4v) is 1.86. The molecule has 0 saturated carbocycles. The maximum atomic E-state index is 5.29. The third-order valence-corrected chi connectivity index (χ3v) is 2.96. The average Bonchev–Trinajstić information content (AvgIpc) is 2.93. The number of hydrogen-bond donors (Lipinski definition) is 1. The van der Waals surface area contributed by atoms with Gasteiger partial charge in [-0.25, -0.2) is 0 Å². The Kier molecular flexibility index (Phi) is 5.03. The van der Waals surface area contributed by atoms with Crippen molar-refractivity contribution in [3.63, 3.8) is 0 Å². The smallest absolute Gasteiger partial charge is 0.228 e. The molecule has 0 radical (unpaired) electrons. The summed E-state index contributed by atoms with van der Waals surface area (Å²) in [4.78, 5) is 8.61. The molecular weight excluding hydrogens is 240 g/mol. The van der Waals surface area contributed by atoms with Crippen molar-refractivity contribution >= 4 is 0 Å². The average molecular weight is 260 g/mol. The Labute approximate surface area is 113 Å². The highest BCUT2D eigenvalue weighted by molar-refractivity contribution is 5.46. The van der Waals surface area contributed by atoms with Crippen LogP contribution in [0.25, 0.3) is 11.5 Å². The van der Waals surface area contributed by atoms with Crippen molar-refractivity contribution in [1.29, 1.82) is 0 Å². The highest BCUT2D eigenvalue weighted by Gasteiger charge is 2.13. The summed E-state index contributed by atoms with van der Waals surface area (Å²) < 4.78 is 5.29. The van der Waals surface area contributed by atoms with Crippen LogP contribution in [0, 0.1) is 0 Å². The second kappa shape index (κ2) is 6.99. The van der Waals surface area contributed by atoms with Crippen molar-refractivity contribution in [2.45, 2.75) is 39.2 Å². The lowest BCUT2D eigenvalue weighted by Crippen LogP contribution is -2.31. The highest BCUT2D eigenvalue weighted by atomic mass is 16.5. The van der Waals surface area contributed by atoms with Crippen LogP contribution in [-0.4, -0.2) is 27.7 Å². The van der Waals surface area contributed by atoms with E-state index in [2.05, 4.69) is 34.3 Å². The fourth-order valence-electron chi connectivity index (χ4n) is 1.86. The number of hydrogen-bond acceptors (Lipinski definition) is 5. The minimum Gasteiger partial charge on any atom is -0.339 e. The number of aromatic nitrogens is 3. The number of rotatable bonds is 7. The van der Waals surface area contributed by atoms with Gasteiger partial charge < -0.3 is 9.84 Å². The van der Waals surface area contributed by atoms with Gasteiger partial charge in [0.2, 0.25) is 11.7 Å². The van der Waals surface area contributed by atoms with Crippen LogP contribution < -0.4 is 5.32 Å². The molecule has 0 spiro atoms. The molecule has 0 aliphatic rings. The van der Waals surface area contributed by atoms with Gasteiger partial charge in [-0.05, 0) is 31.5 Å². The molecule has 2 rings (SSSR count). The molecule has 102 valence electrons. The minimum atomic E-state index is 0.386. The molecule has 1 unspecified atom stereocenters. The normalized spacial score (nSPS) is 12.5. The van der Waals surface area contributed by atoms with E-state index in [1.165, 1.54) is 0 Å². The third kappa shape index (κ3) is 3.86. The van der Waals surface area contributed by atoms with Gasteiger partial charge in [0.25, 0.3) is 0 Å². The van der Waals surface area contributed by atoms with Gasteiger partial charge in [-0.3, -0.25) is 4.98 Å². The number of nitrogens with one attached hydrogen (secondary N) is 1. The lowest BCUT2D eigenvalue weighted by atomic mass is 10.1. The molecule has 0 amide bonds. The molecule has 0 bridgehead atoms. The molecule has 0 saturated heterocycles. The Morgan fingerprint density at radius 1 is 1.32 bits per heavy atom. The zero-order chi connectivity index (χ0) is 13.5. The summed E-state index contributed by atoms with van der Waals surface area (Å²) in [5.74, 6) is 1.22. The van der Waals surface area contributed by atoms with E-state index in [4.69, 9.17) is 4.52 Å². The van der Waals surface area contributed by atoms with Crippen molar-refractivity contribution in [3.8, 4) is 11.5 Å². The van der Waals surface area contributed by atoms with Gasteiger partial charge >= 0.3 is 0 Å². The van der Waals surface area contributed by atoms with Crippen LogP contribution in [0.4, 0.5) is 0 Å². The summed E-state index contributed by atoms with van der Waals surface area (Å²) in [5.41, 5.74) is 0.743. The lowest BCUT2D eigenvalue weighted by molar-refractivity contribution is 0.354. The molecule has 0 fully saturated rings. The first-order valence-electron chi connectivity index (χ1n) is 6.80. The first-order chi connectivity index (χ1) is 9.33. The lowest BCUT2D eigenvalue weighted by Gasteiger charge is -2.13. The van der Waals surface area contributed by atoms with Gasteiger partial charge in [0.05, 0.1) is 0 Å². The molecule has 0 aliphatic heterocycles.